The average Bonchev–Trinajstić information content (AvgIpc) is 2.08. The van der Waals surface area contributed by atoms with Crippen LogP contribution in [0, 0.1) is 0 Å². The third-order valence-electron chi connectivity index (χ3n) is 2.40. The molecule has 0 aromatic rings. The molecule has 1 heterocycles. The van der Waals surface area contributed by atoms with Crippen LogP contribution in [-0.4, -0.2) is 48.1 Å². The number of ether oxygens (including phenoxy) is 1. The van der Waals surface area contributed by atoms with Crippen LogP contribution in [0.4, 0.5) is 0 Å². The molecule has 0 amide bonds. The fraction of sp³-hybridized carbons (Fsp3) is 1.00. The van der Waals surface area contributed by atoms with E-state index in [9.17, 15) is 5.11 Å². The van der Waals surface area contributed by atoms with Gasteiger partial charge in [-0.1, -0.05) is 0 Å². The molecular weight excluding hydrogens is 170 g/mol. The van der Waals surface area contributed by atoms with Crippen LogP contribution in [0.15, 0.2) is 0 Å². The summed E-state index contributed by atoms with van der Waals surface area (Å²) in [6.45, 7) is 6.98. The monoisotopic (exact) mass is 189 g/mol. The quantitative estimate of drug-likeness (QED) is 0.298. The van der Waals surface area contributed by atoms with Crippen LogP contribution in [0.5, 0.6) is 0 Å². The summed E-state index contributed by atoms with van der Waals surface area (Å²) in [5.74, 6) is 5.12. The van der Waals surface area contributed by atoms with Gasteiger partial charge in [0.2, 0.25) is 0 Å². The van der Waals surface area contributed by atoms with Crippen LogP contribution in [0.25, 0.3) is 0 Å². The molecule has 5 heteroatoms. The summed E-state index contributed by atoms with van der Waals surface area (Å²) in [6, 6.07) is 0. The second-order valence-electron chi connectivity index (χ2n) is 3.99. The van der Waals surface area contributed by atoms with Crippen molar-refractivity contribution in [3.05, 3.63) is 0 Å². The van der Waals surface area contributed by atoms with Crippen LogP contribution in [0.2, 0.25) is 0 Å². The maximum absolute atomic E-state index is 9.32. The number of aliphatic hydroxyl groups is 1. The van der Waals surface area contributed by atoms with Gasteiger partial charge in [0.1, 0.15) is 6.23 Å². The molecule has 1 fully saturated rings. The first-order valence-electron chi connectivity index (χ1n) is 4.53. The molecule has 1 rings (SSSR count). The minimum absolute atomic E-state index is 0.0178. The Morgan fingerprint density at radius 1 is 1.69 bits per heavy atom. The molecule has 4 N–H and O–H groups in total. The fourth-order valence-electron chi connectivity index (χ4n) is 1.49. The molecule has 1 aliphatic rings. The van der Waals surface area contributed by atoms with Gasteiger partial charge in [-0.3, -0.25) is 10.7 Å². The smallest absolute Gasteiger partial charge is 0.129 e. The van der Waals surface area contributed by atoms with Crippen molar-refractivity contribution < 1.29 is 9.84 Å². The third kappa shape index (κ3) is 2.89. The second kappa shape index (κ2) is 4.34. The molecule has 0 aromatic carbocycles. The van der Waals surface area contributed by atoms with Crippen molar-refractivity contribution in [1.29, 1.82) is 0 Å². The summed E-state index contributed by atoms with van der Waals surface area (Å²) in [7, 11) is 0. The van der Waals surface area contributed by atoms with Gasteiger partial charge >= 0.3 is 0 Å². The van der Waals surface area contributed by atoms with Crippen LogP contribution in [-0.2, 0) is 4.74 Å². The minimum Gasteiger partial charge on any atom is -0.378 e. The average molecular weight is 189 g/mol. The molecule has 0 aliphatic carbocycles. The fourth-order valence-corrected chi connectivity index (χ4v) is 1.49. The van der Waals surface area contributed by atoms with E-state index in [1.54, 1.807) is 0 Å². The number of morpholine rings is 1. The predicted molar refractivity (Wildman–Crippen MR) is 49.8 cm³/mol. The second-order valence-corrected chi connectivity index (χ2v) is 3.99. The largest absolute Gasteiger partial charge is 0.378 e. The van der Waals surface area contributed by atoms with E-state index in [1.807, 2.05) is 0 Å². The highest BCUT2D eigenvalue weighted by Crippen LogP contribution is 2.18. The van der Waals surface area contributed by atoms with Crippen LogP contribution < -0.4 is 11.3 Å². The molecule has 1 saturated heterocycles. The van der Waals surface area contributed by atoms with Crippen molar-refractivity contribution in [2.45, 2.75) is 25.6 Å². The summed E-state index contributed by atoms with van der Waals surface area (Å²) in [4.78, 5) is 2.17. The Labute approximate surface area is 78.8 Å². The molecule has 0 bridgehead atoms. The topological polar surface area (TPSA) is 70.8 Å². The molecular formula is C8H19N3O2. The van der Waals surface area contributed by atoms with Crippen LogP contribution >= 0.6 is 0 Å². The van der Waals surface area contributed by atoms with E-state index in [0.717, 1.165) is 13.2 Å². The highest BCUT2D eigenvalue weighted by Gasteiger charge is 2.31. The highest BCUT2D eigenvalue weighted by molar-refractivity contribution is 4.85. The lowest BCUT2D eigenvalue weighted by Crippen LogP contribution is -2.57. The van der Waals surface area contributed by atoms with E-state index in [0.29, 0.717) is 13.2 Å². The summed E-state index contributed by atoms with van der Waals surface area (Å²) in [5, 5.41) is 9.32. The zero-order chi connectivity index (χ0) is 9.90. The van der Waals surface area contributed by atoms with Gasteiger partial charge < -0.3 is 9.84 Å². The summed E-state index contributed by atoms with van der Waals surface area (Å²) in [6.07, 6.45) is -0.669. The number of rotatable bonds is 3. The van der Waals surface area contributed by atoms with E-state index in [1.165, 1.54) is 0 Å². The van der Waals surface area contributed by atoms with Gasteiger partial charge in [0.25, 0.3) is 0 Å². The zero-order valence-electron chi connectivity index (χ0n) is 8.29. The van der Waals surface area contributed by atoms with E-state index >= 15 is 0 Å². The lowest BCUT2D eigenvalue weighted by atomic mass is 10.0. The Balaban J connectivity index is 2.46. The molecule has 5 nitrogen and oxygen atoms in total. The van der Waals surface area contributed by atoms with Crippen LogP contribution in [0.3, 0.4) is 0 Å². The number of hydrazine groups is 1. The SMILES string of the molecule is CC1(C)COCCN1CC(O)NN. The molecule has 78 valence electrons. The van der Waals surface area contributed by atoms with Crippen molar-refractivity contribution in [3.8, 4) is 0 Å². The van der Waals surface area contributed by atoms with Crippen molar-refractivity contribution in [1.82, 2.24) is 10.3 Å². The first kappa shape index (κ1) is 10.9. The lowest BCUT2D eigenvalue weighted by molar-refractivity contribution is -0.0699. The molecule has 1 unspecified atom stereocenters. The normalized spacial score (nSPS) is 25.8. The number of nitrogens with zero attached hydrogens (tertiary/aromatic N) is 1. The third-order valence-corrected chi connectivity index (χ3v) is 2.40. The standard InChI is InChI=1S/C8H19N3O2/c1-8(2)6-13-4-3-11(8)5-7(12)10-9/h7,10,12H,3-6,9H2,1-2H3. The molecule has 13 heavy (non-hydrogen) atoms. The van der Waals surface area contributed by atoms with Crippen LogP contribution in [0.1, 0.15) is 13.8 Å². The van der Waals surface area contributed by atoms with Gasteiger partial charge in [-0.2, -0.15) is 0 Å². The minimum atomic E-state index is -0.669. The number of β-amino-alcohol motifs (C(OH)–C–C–N with tert-alkyl or cyclic N) is 1. The molecule has 0 saturated carbocycles. The Bertz CT molecular complexity index is 163. The Morgan fingerprint density at radius 2 is 2.38 bits per heavy atom. The van der Waals surface area contributed by atoms with Gasteiger partial charge in [-0.05, 0) is 13.8 Å². The van der Waals surface area contributed by atoms with E-state index < -0.39 is 6.23 Å². The van der Waals surface area contributed by atoms with E-state index in [2.05, 4.69) is 24.2 Å². The first-order chi connectivity index (χ1) is 6.06. The number of aliphatic hydroxyl groups excluding tert-OH is 1. The molecule has 0 aromatic heterocycles. The molecule has 1 atom stereocenters. The van der Waals surface area contributed by atoms with Gasteiger partial charge in [0.15, 0.2) is 0 Å². The first-order valence-corrected chi connectivity index (χ1v) is 4.53. The Morgan fingerprint density at radius 3 is 2.92 bits per heavy atom. The molecule has 0 spiro atoms. The maximum Gasteiger partial charge on any atom is 0.129 e. The lowest BCUT2D eigenvalue weighted by Gasteiger charge is -2.42. The highest BCUT2D eigenvalue weighted by atomic mass is 16.5. The summed E-state index contributed by atoms with van der Waals surface area (Å²) in [5.41, 5.74) is 2.31. The van der Waals surface area contributed by atoms with Crippen molar-refractivity contribution >= 4 is 0 Å². The number of nitrogens with two attached hydrogens (primary N) is 1. The molecule has 1 aliphatic heterocycles. The zero-order valence-corrected chi connectivity index (χ0v) is 8.29. The number of hydrogen-bond acceptors (Lipinski definition) is 5. The van der Waals surface area contributed by atoms with Crippen molar-refractivity contribution in [3.63, 3.8) is 0 Å². The Hall–Kier alpha value is -0.200. The summed E-state index contributed by atoms with van der Waals surface area (Å²) < 4.78 is 5.36. The number of nitrogens with one attached hydrogen (secondary N) is 1. The summed E-state index contributed by atoms with van der Waals surface area (Å²) >= 11 is 0. The van der Waals surface area contributed by atoms with Gasteiger partial charge in [-0.25, -0.2) is 5.43 Å². The predicted octanol–water partition coefficient (Wildman–Crippen LogP) is -1.12. The molecule has 0 radical (unpaired) electrons. The van der Waals surface area contributed by atoms with Gasteiger partial charge in [0, 0.05) is 18.6 Å². The number of hydrogen-bond donors (Lipinski definition) is 3. The van der Waals surface area contributed by atoms with Crippen molar-refractivity contribution in [2.75, 3.05) is 26.3 Å². The van der Waals surface area contributed by atoms with E-state index in [-0.39, 0.29) is 5.54 Å². The van der Waals surface area contributed by atoms with Gasteiger partial charge in [0.05, 0.1) is 13.2 Å². The van der Waals surface area contributed by atoms with E-state index in [4.69, 9.17) is 10.6 Å². The Kier molecular flexibility index (Phi) is 3.63. The maximum atomic E-state index is 9.32. The van der Waals surface area contributed by atoms with Crippen molar-refractivity contribution in [2.24, 2.45) is 5.84 Å². The van der Waals surface area contributed by atoms with Gasteiger partial charge in [-0.15, -0.1) is 0 Å².